The molecule has 2 atom stereocenters. The van der Waals surface area contributed by atoms with Gasteiger partial charge in [0.2, 0.25) is 0 Å². The van der Waals surface area contributed by atoms with E-state index >= 15 is 0 Å². The van der Waals surface area contributed by atoms with Gasteiger partial charge in [0, 0.05) is 31.4 Å². The van der Waals surface area contributed by atoms with E-state index in [1.54, 1.807) is 0 Å². The summed E-state index contributed by atoms with van der Waals surface area (Å²) in [5.41, 5.74) is 2.56. The molecule has 3 rings (SSSR count). The van der Waals surface area contributed by atoms with Gasteiger partial charge in [-0.05, 0) is 24.6 Å². The van der Waals surface area contributed by atoms with Crippen molar-refractivity contribution < 1.29 is 0 Å². The van der Waals surface area contributed by atoms with E-state index < -0.39 is 0 Å². The summed E-state index contributed by atoms with van der Waals surface area (Å²) in [6, 6.07) is 15.7. The van der Waals surface area contributed by atoms with Gasteiger partial charge in [-0.1, -0.05) is 30.3 Å². The smallest absolute Gasteiger partial charge is 0.0556 e. The summed E-state index contributed by atoms with van der Waals surface area (Å²) in [5, 5.41) is 3.62. The number of hydrogen-bond donors (Lipinski definition) is 1. The first-order valence-corrected chi connectivity index (χ1v) is 6.79. The SMILES string of the molecule is CC1CNC(c2ccccc2)CN1c1cccnc1. The van der Waals surface area contributed by atoms with Crippen LogP contribution in [0.2, 0.25) is 0 Å². The van der Waals surface area contributed by atoms with Crippen molar-refractivity contribution in [1.82, 2.24) is 10.3 Å². The molecule has 19 heavy (non-hydrogen) atoms. The molecule has 0 bridgehead atoms. The zero-order chi connectivity index (χ0) is 13.1. The molecule has 1 saturated heterocycles. The Labute approximate surface area is 114 Å². The highest BCUT2D eigenvalue weighted by molar-refractivity contribution is 5.46. The molecule has 0 aliphatic carbocycles. The number of piperazine rings is 1. The van der Waals surface area contributed by atoms with Crippen LogP contribution in [0, 0.1) is 0 Å². The van der Waals surface area contributed by atoms with Crippen molar-refractivity contribution in [3.63, 3.8) is 0 Å². The summed E-state index contributed by atoms with van der Waals surface area (Å²) in [6.07, 6.45) is 3.77. The predicted octanol–water partition coefficient (Wildman–Crippen LogP) is 2.62. The number of anilines is 1. The van der Waals surface area contributed by atoms with E-state index in [1.165, 1.54) is 11.3 Å². The van der Waals surface area contributed by atoms with Gasteiger partial charge in [0.15, 0.2) is 0 Å². The molecule has 1 aliphatic heterocycles. The van der Waals surface area contributed by atoms with E-state index in [0.29, 0.717) is 12.1 Å². The molecule has 2 aromatic rings. The fourth-order valence-corrected chi connectivity index (χ4v) is 2.66. The van der Waals surface area contributed by atoms with E-state index in [4.69, 9.17) is 0 Å². The van der Waals surface area contributed by atoms with Crippen LogP contribution >= 0.6 is 0 Å². The van der Waals surface area contributed by atoms with Crippen molar-refractivity contribution in [2.24, 2.45) is 0 Å². The molecular formula is C16H19N3. The molecule has 1 aromatic carbocycles. The molecule has 0 radical (unpaired) electrons. The third-order valence-corrected chi connectivity index (χ3v) is 3.75. The van der Waals surface area contributed by atoms with E-state index in [9.17, 15) is 0 Å². The summed E-state index contributed by atoms with van der Waals surface area (Å²) in [4.78, 5) is 6.66. The highest BCUT2D eigenvalue weighted by Crippen LogP contribution is 2.24. The zero-order valence-corrected chi connectivity index (χ0v) is 11.2. The summed E-state index contributed by atoms with van der Waals surface area (Å²) < 4.78 is 0. The molecule has 0 saturated carbocycles. The van der Waals surface area contributed by atoms with Crippen LogP contribution in [0.3, 0.4) is 0 Å². The largest absolute Gasteiger partial charge is 0.364 e. The number of nitrogens with zero attached hydrogens (tertiary/aromatic N) is 2. The molecule has 1 N–H and O–H groups in total. The maximum atomic E-state index is 4.23. The Kier molecular flexibility index (Phi) is 3.47. The molecule has 98 valence electrons. The highest BCUT2D eigenvalue weighted by atomic mass is 15.2. The zero-order valence-electron chi connectivity index (χ0n) is 11.2. The molecule has 3 nitrogen and oxygen atoms in total. The normalized spacial score (nSPS) is 23.3. The maximum Gasteiger partial charge on any atom is 0.0556 e. The second-order valence-corrected chi connectivity index (χ2v) is 5.08. The van der Waals surface area contributed by atoms with Crippen molar-refractivity contribution in [3.8, 4) is 0 Å². The van der Waals surface area contributed by atoms with E-state index in [1.807, 2.05) is 18.5 Å². The average molecular weight is 253 g/mol. The fraction of sp³-hybridized carbons (Fsp3) is 0.312. The van der Waals surface area contributed by atoms with Crippen LogP contribution in [0.1, 0.15) is 18.5 Å². The standard InChI is InChI=1S/C16H19N3/c1-13-10-18-16(14-6-3-2-4-7-14)12-19(13)15-8-5-9-17-11-15/h2-9,11,13,16,18H,10,12H2,1H3. The van der Waals surface area contributed by atoms with Gasteiger partial charge >= 0.3 is 0 Å². The van der Waals surface area contributed by atoms with Crippen LogP contribution in [0.5, 0.6) is 0 Å². The van der Waals surface area contributed by atoms with E-state index in [-0.39, 0.29) is 0 Å². The molecule has 2 unspecified atom stereocenters. The Balaban J connectivity index is 1.82. The molecule has 0 amide bonds. The fourth-order valence-electron chi connectivity index (χ4n) is 2.66. The van der Waals surface area contributed by atoms with Crippen molar-refractivity contribution in [2.45, 2.75) is 19.0 Å². The third-order valence-electron chi connectivity index (χ3n) is 3.75. The van der Waals surface area contributed by atoms with Crippen LogP contribution in [-0.2, 0) is 0 Å². The second-order valence-electron chi connectivity index (χ2n) is 5.08. The lowest BCUT2D eigenvalue weighted by atomic mass is 10.0. The van der Waals surface area contributed by atoms with Crippen molar-refractivity contribution in [1.29, 1.82) is 0 Å². The number of benzene rings is 1. The van der Waals surface area contributed by atoms with Gasteiger partial charge in [-0.3, -0.25) is 4.98 Å². The van der Waals surface area contributed by atoms with Gasteiger partial charge in [-0.25, -0.2) is 0 Å². The van der Waals surface area contributed by atoms with Crippen molar-refractivity contribution in [2.75, 3.05) is 18.0 Å². The first-order valence-electron chi connectivity index (χ1n) is 6.79. The van der Waals surface area contributed by atoms with Crippen LogP contribution in [0.4, 0.5) is 5.69 Å². The number of pyridine rings is 1. The Hall–Kier alpha value is -1.87. The molecular weight excluding hydrogens is 234 g/mol. The lowest BCUT2D eigenvalue weighted by molar-refractivity contribution is 0.414. The minimum atomic E-state index is 0.387. The Morgan fingerprint density at radius 1 is 1.16 bits per heavy atom. The van der Waals surface area contributed by atoms with Gasteiger partial charge < -0.3 is 10.2 Å². The number of rotatable bonds is 2. The first-order chi connectivity index (χ1) is 9.34. The van der Waals surface area contributed by atoms with Gasteiger partial charge in [0.1, 0.15) is 0 Å². The summed E-state index contributed by atoms with van der Waals surface area (Å²) in [6.45, 7) is 4.23. The van der Waals surface area contributed by atoms with E-state index in [2.05, 4.69) is 58.5 Å². The second kappa shape index (κ2) is 5.41. The minimum Gasteiger partial charge on any atom is -0.364 e. The Bertz CT molecular complexity index is 512. The molecule has 1 fully saturated rings. The monoisotopic (exact) mass is 253 g/mol. The average Bonchev–Trinajstić information content (AvgIpc) is 2.49. The third kappa shape index (κ3) is 2.61. The molecule has 2 heterocycles. The predicted molar refractivity (Wildman–Crippen MR) is 78.2 cm³/mol. The Morgan fingerprint density at radius 3 is 2.74 bits per heavy atom. The number of hydrogen-bond acceptors (Lipinski definition) is 3. The lowest BCUT2D eigenvalue weighted by Crippen LogP contribution is -2.51. The number of aromatic nitrogens is 1. The molecule has 0 spiro atoms. The minimum absolute atomic E-state index is 0.387. The van der Waals surface area contributed by atoms with Crippen LogP contribution in [0.15, 0.2) is 54.9 Å². The molecule has 1 aliphatic rings. The van der Waals surface area contributed by atoms with Gasteiger partial charge in [-0.2, -0.15) is 0 Å². The van der Waals surface area contributed by atoms with E-state index in [0.717, 1.165) is 13.1 Å². The van der Waals surface area contributed by atoms with Crippen LogP contribution < -0.4 is 10.2 Å². The van der Waals surface area contributed by atoms with Crippen molar-refractivity contribution in [3.05, 3.63) is 60.4 Å². The molecule has 3 heteroatoms. The van der Waals surface area contributed by atoms with Gasteiger partial charge in [-0.15, -0.1) is 0 Å². The van der Waals surface area contributed by atoms with Crippen LogP contribution in [-0.4, -0.2) is 24.1 Å². The first kappa shape index (κ1) is 12.2. The van der Waals surface area contributed by atoms with Crippen molar-refractivity contribution >= 4 is 5.69 Å². The maximum absolute atomic E-state index is 4.23. The van der Waals surface area contributed by atoms with Gasteiger partial charge in [0.05, 0.1) is 11.9 Å². The quantitative estimate of drug-likeness (QED) is 0.891. The summed E-state index contributed by atoms with van der Waals surface area (Å²) in [7, 11) is 0. The van der Waals surface area contributed by atoms with Gasteiger partial charge in [0.25, 0.3) is 0 Å². The highest BCUT2D eigenvalue weighted by Gasteiger charge is 2.25. The lowest BCUT2D eigenvalue weighted by Gasteiger charge is -2.40. The summed E-state index contributed by atoms with van der Waals surface area (Å²) >= 11 is 0. The Morgan fingerprint density at radius 2 is 2.00 bits per heavy atom. The number of nitrogens with one attached hydrogen (secondary N) is 1. The molecule has 1 aromatic heterocycles. The van der Waals surface area contributed by atoms with Crippen LogP contribution in [0.25, 0.3) is 0 Å². The topological polar surface area (TPSA) is 28.2 Å². The summed E-state index contributed by atoms with van der Waals surface area (Å²) in [5.74, 6) is 0.